The minimum Gasteiger partial charge on any atom is -0.374 e. The van der Waals surface area contributed by atoms with Crippen molar-refractivity contribution < 1.29 is 4.58 Å². The van der Waals surface area contributed by atoms with E-state index in [1.807, 2.05) is 11.8 Å². The van der Waals surface area contributed by atoms with E-state index in [2.05, 4.69) is 36.1 Å². The number of nitrogens with one attached hydrogen (secondary N) is 1. The van der Waals surface area contributed by atoms with Crippen molar-refractivity contribution in [3.63, 3.8) is 0 Å². The van der Waals surface area contributed by atoms with Crippen molar-refractivity contribution in [3.8, 4) is 0 Å². The van der Waals surface area contributed by atoms with Gasteiger partial charge in [0.1, 0.15) is 13.1 Å². The van der Waals surface area contributed by atoms with Gasteiger partial charge in [0.05, 0.1) is 11.4 Å². The highest BCUT2D eigenvalue weighted by molar-refractivity contribution is 8.02. The van der Waals surface area contributed by atoms with E-state index in [0.29, 0.717) is 0 Å². The molecule has 1 saturated heterocycles. The molecule has 0 saturated carbocycles. The quantitative estimate of drug-likeness (QED) is 0.688. The average molecular weight is 225 g/mol. The van der Waals surface area contributed by atoms with Crippen LogP contribution in [0.25, 0.3) is 0 Å². The van der Waals surface area contributed by atoms with Crippen molar-refractivity contribution in [3.05, 3.63) is 11.1 Å². The largest absolute Gasteiger partial charge is 0.374 e. The molecule has 2 rings (SSSR count). The van der Waals surface area contributed by atoms with Crippen LogP contribution in [0.15, 0.2) is 11.1 Å². The molecule has 0 aromatic heterocycles. The first kappa shape index (κ1) is 11.1. The van der Waals surface area contributed by atoms with Crippen LogP contribution >= 0.6 is 11.8 Å². The molecule has 3 heteroatoms. The molecule has 2 heterocycles. The zero-order valence-corrected chi connectivity index (χ0v) is 10.8. The molecule has 15 heavy (non-hydrogen) atoms. The Morgan fingerprint density at radius 1 is 1.33 bits per heavy atom. The molecule has 0 unspecified atom stereocenters. The van der Waals surface area contributed by atoms with Crippen LogP contribution in [0.2, 0.25) is 0 Å². The SMILES string of the molecule is CSC1=CC(=[N+]2CCCC2)CC(C)(C)N1. The molecule has 0 bridgehead atoms. The molecule has 2 aliphatic heterocycles. The van der Waals surface area contributed by atoms with Crippen molar-refractivity contribution in [2.75, 3.05) is 19.3 Å². The summed E-state index contributed by atoms with van der Waals surface area (Å²) in [5.41, 5.74) is 1.74. The van der Waals surface area contributed by atoms with Crippen molar-refractivity contribution >= 4 is 17.5 Å². The van der Waals surface area contributed by atoms with E-state index >= 15 is 0 Å². The van der Waals surface area contributed by atoms with E-state index in [1.54, 1.807) is 0 Å². The fraction of sp³-hybridized carbons (Fsp3) is 0.750. The summed E-state index contributed by atoms with van der Waals surface area (Å²) < 4.78 is 2.55. The molecule has 1 N–H and O–H groups in total. The minimum atomic E-state index is 0.213. The van der Waals surface area contributed by atoms with Gasteiger partial charge in [-0.15, -0.1) is 11.8 Å². The summed E-state index contributed by atoms with van der Waals surface area (Å²) in [6, 6.07) is 0. The normalized spacial score (nSPS) is 25.1. The smallest absolute Gasteiger partial charge is 0.180 e. The van der Waals surface area contributed by atoms with Gasteiger partial charge in [0, 0.05) is 24.5 Å². The molecule has 0 aromatic rings. The molecule has 2 nitrogen and oxygen atoms in total. The van der Waals surface area contributed by atoms with Crippen LogP contribution in [0.5, 0.6) is 0 Å². The third-order valence-electron chi connectivity index (χ3n) is 3.11. The van der Waals surface area contributed by atoms with E-state index in [9.17, 15) is 0 Å². The maximum atomic E-state index is 3.57. The molecule has 0 aromatic carbocycles. The van der Waals surface area contributed by atoms with E-state index in [0.717, 1.165) is 6.42 Å². The molecule has 0 aliphatic carbocycles. The second-order valence-corrected chi connectivity index (χ2v) is 5.93. The Morgan fingerprint density at radius 2 is 2.00 bits per heavy atom. The molecular formula is C12H21N2S+. The van der Waals surface area contributed by atoms with Crippen LogP contribution in [0.4, 0.5) is 0 Å². The Balaban J connectivity index is 2.28. The summed E-state index contributed by atoms with van der Waals surface area (Å²) in [6.07, 6.45) is 8.35. The summed E-state index contributed by atoms with van der Waals surface area (Å²) in [6.45, 7) is 7.08. The Labute approximate surface area is 96.8 Å². The predicted molar refractivity (Wildman–Crippen MR) is 67.7 cm³/mol. The lowest BCUT2D eigenvalue weighted by molar-refractivity contribution is -0.506. The highest BCUT2D eigenvalue weighted by Crippen LogP contribution is 2.23. The van der Waals surface area contributed by atoms with Gasteiger partial charge in [-0.1, -0.05) is 0 Å². The molecule has 2 aliphatic rings. The first-order valence-electron chi connectivity index (χ1n) is 5.75. The van der Waals surface area contributed by atoms with Gasteiger partial charge in [-0.05, 0) is 20.1 Å². The summed E-state index contributed by atoms with van der Waals surface area (Å²) in [4.78, 5) is 0. The number of rotatable bonds is 1. The third-order valence-corrected chi connectivity index (χ3v) is 3.77. The van der Waals surface area contributed by atoms with Crippen LogP contribution in [0, 0.1) is 0 Å². The predicted octanol–water partition coefficient (Wildman–Crippen LogP) is 2.21. The fourth-order valence-corrected chi connectivity index (χ4v) is 3.02. The molecule has 0 atom stereocenters. The van der Waals surface area contributed by atoms with Crippen LogP contribution in [0.1, 0.15) is 33.1 Å². The number of nitrogens with zero attached hydrogens (tertiary/aromatic N) is 1. The van der Waals surface area contributed by atoms with Crippen LogP contribution in [-0.4, -0.2) is 35.2 Å². The molecule has 84 valence electrons. The van der Waals surface area contributed by atoms with Crippen molar-refractivity contribution in [1.82, 2.24) is 5.32 Å². The molecule has 0 radical (unpaired) electrons. The Morgan fingerprint density at radius 3 is 2.60 bits per heavy atom. The van der Waals surface area contributed by atoms with Gasteiger partial charge >= 0.3 is 0 Å². The molecule has 1 fully saturated rings. The highest BCUT2D eigenvalue weighted by atomic mass is 32.2. The molecular weight excluding hydrogens is 204 g/mol. The first-order valence-corrected chi connectivity index (χ1v) is 6.98. The van der Waals surface area contributed by atoms with E-state index in [-0.39, 0.29) is 5.54 Å². The van der Waals surface area contributed by atoms with Gasteiger partial charge in [-0.3, -0.25) is 0 Å². The Hall–Kier alpha value is -0.440. The van der Waals surface area contributed by atoms with E-state index < -0.39 is 0 Å². The van der Waals surface area contributed by atoms with Gasteiger partial charge < -0.3 is 5.32 Å². The number of hydrogen-bond acceptors (Lipinski definition) is 2. The second-order valence-electron chi connectivity index (χ2n) is 5.08. The van der Waals surface area contributed by atoms with Gasteiger partial charge in [-0.2, -0.15) is 0 Å². The van der Waals surface area contributed by atoms with Crippen molar-refractivity contribution in [2.45, 2.75) is 38.6 Å². The lowest BCUT2D eigenvalue weighted by Gasteiger charge is -2.31. The van der Waals surface area contributed by atoms with E-state index in [4.69, 9.17) is 0 Å². The summed E-state index contributed by atoms with van der Waals surface area (Å²) in [7, 11) is 0. The lowest BCUT2D eigenvalue weighted by Crippen LogP contribution is -2.44. The van der Waals surface area contributed by atoms with Gasteiger partial charge in [0.15, 0.2) is 5.71 Å². The lowest BCUT2D eigenvalue weighted by atomic mass is 9.94. The van der Waals surface area contributed by atoms with E-state index in [1.165, 1.54) is 36.7 Å². The van der Waals surface area contributed by atoms with Crippen LogP contribution in [-0.2, 0) is 0 Å². The maximum Gasteiger partial charge on any atom is 0.180 e. The molecule has 0 spiro atoms. The van der Waals surface area contributed by atoms with Gasteiger partial charge in [0.25, 0.3) is 0 Å². The fourth-order valence-electron chi connectivity index (χ4n) is 2.39. The standard InChI is InChI=1S/C12H20N2S/c1-12(2)9-10(8-11(13-12)15-3)14-6-4-5-7-14/h8H,4-7,9H2,1-3H3/p+1. The number of thioether (sulfide) groups is 1. The summed E-state index contributed by atoms with van der Waals surface area (Å²) in [5.74, 6) is 0. The average Bonchev–Trinajstić information content (AvgIpc) is 2.68. The van der Waals surface area contributed by atoms with Gasteiger partial charge in [0.2, 0.25) is 0 Å². The minimum absolute atomic E-state index is 0.213. The van der Waals surface area contributed by atoms with Gasteiger partial charge in [-0.25, -0.2) is 4.58 Å². The van der Waals surface area contributed by atoms with Crippen LogP contribution in [0.3, 0.4) is 0 Å². The number of hydrogen-bond donors (Lipinski definition) is 1. The molecule has 0 amide bonds. The van der Waals surface area contributed by atoms with Crippen molar-refractivity contribution in [2.24, 2.45) is 0 Å². The zero-order valence-electron chi connectivity index (χ0n) is 9.97. The summed E-state index contributed by atoms with van der Waals surface area (Å²) in [5, 5.41) is 4.89. The number of allylic oxidation sites excluding steroid dienone is 1. The first-order chi connectivity index (χ1) is 7.11. The topological polar surface area (TPSA) is 15.0 Å². The van der Waals surface area contributed by atoms with Crippen LogP contribution < -0.4 is 5.32 Å². The highest BCUT2D eigenvalue weighted by Gasteiger charge is 2.30. The monoisotopic (exact) mass is 225 g/mol. The third kappa shape index (κ3) is 2.57. The zero-order chi connectivity index (χ0) is 10.9. The summed E-state index contributed by atoms with van der Waals surface area (Å²) >= 11 is 1.81. The Bertz CT molecular complexity index is 308. The second kappa shape index (κ2) is 4.20. The maximum absolute atomic E-state index is 3.57. The Kier molecular flexibility index (Phi) is 3.10. The van der Waals surface area contributed by atoms with Crippen molar-refractivity contribution in [1.29, 1.82) is 0 Å².